The molecule has 0 saturated carbocycles. The molecule has 0 aliphatic carbocycles. The molecule has 2 aromatic rings. The molecule has 0 aliphatic heterocycles. The SMILES string of the molecule is NC(=O)[C@H](NS(=O)(=O)c1ccc(Cl)s1)c1ccccc1. The third-order valence-corrected chi connectivity index (χ3v) is 5.65. The third-order valence-electron chi connectivity index (χ3n) is 2.50. The predicted molar refractivity (Wildman–Crippen MR) is 78.0 cm³/mol. The maximum atomic E-state index is 12.2. The highest BCUT2D eigenvalue weighted by Crippen LogP contribution is 2.26. The molecule has 20 heavy (non-hydrogen) atoms. The van der Waals surface area contributed by atoms with E-state index in [2.05, 4.69) is 4.72 Å². The number of benzene rings is 1. The molecule has 1 heterocycles. The largest absolute Gasteiger partial charge is 0.368 e. The van der Waals surface area contributed by atoms with E-state index in [0.717, 1.165) is 11.3 Å². The molecule has 0 saturated heterocycles. The van der Waals surface area contributed by atoms with Crippen molar-refractivity contribution in [3.63, 3.8) is 0 Å². The maximum absolute atomic E-state index is 12.2. The summed E-state index contributed by atoms with van der Waals surface area (Å²) in [6.45, 7) is 0. The molecule has 3 N–H and O–H groups in total. The van der Waals surface area contributed by atoms with Gasteiger partial charge in [-0.25, -0.2) is 8.42 Å². The lowest BCUT2D eigenvalue weighted by atomic mass is 10.1. The smallest absolute Gasteiger partial charge is 0.251 e. The molecular formula is C12H11ClN2O3S2. The summed E-state index contributed by atoms with van der Waals surface area (Å²) in [7, 11) is -3.85. The third kappa shape index (κ3) is 3.37. The van der Waals surface area contributed by atoms with Gasteiger partial charge in [0.1, 0.15) is 10.3 Å². The summed E-state index contributed by atoms with van der Waals surface area (Å²) >= 11 is 6.62. The lowest BCUT2D eigenvalue weighted by Crippen LogP contribution is -2.37. The first kappa shape index (κ1) is 15.0. The molecule has 106 valence electrons. The van der Waals surface area contributed by atoms with Crippen molar-refractivity contribution in [3.8, 4) is 0 Å². The van der Waals surface area contributed by atoms with Crippen LogP contribution < -0.4 is 10.5 Å². The van der Waals surface area contributed by atoms with Crippen LogP contribution in [0, 0.1) is 0 Å². The predicted octanol–water partition coefficient (Wildman–Crippen LogP) is 1.91. The quantitative estimate of drug-likeness (QED) is 0.877. The minimum absolute atomic E-state index is 0.0321. The van der Waals surface area contributed by atoms with E-state index in [4.69, 9.17) is 17.3 Å². The monoisotopic (exact) mass is 330 g/mol. The van der Waals surface area contributed by atoms with Gasteiger partial charge >= 0.3 is 0 Å². The first-order chi connectivity index (χ1) is 9.40. The Morgan fingerprint density at radius 3 is 2.35 bits per heavy atom. The van der Waals surface area contributed by atoms with Crippen molar-refractivity contribution in [2.75, 3.05) is 0 Å². The molecule has 1 aromatic carbocycles. The van der Waals surface area contributed by atoms with E-state index in [1.54, 1.807) is 30.3 Å². The molecule has 0 spiro atoms. The molecule has 1 atom stereocenters. The first-order valence-corrected chi connectivity index (χ1v) is 8.20. The fourth-order valence-corrected chi connectivity index (χ4v) is 4.28. The van der Waals surface area contributed by atoms with Gasteiger partial charge in [-0.15, -0.1) is 11.3 Å². The van der Waals surface area contributed by atoms with Crippen LogP contribution in [0.3, 0.4) is 0 Å². The van der Waals surface area contributed by atoms with E-state index in [0.29, 0.717) is 9.90 Å². The van der Waals surface area contributed by atoms with E-state index in [1.165, 1.54) is 12.1 Å². The summed E-state index contributed by atoms with van der Waals surface area (Å²) in [4.78, 5) is 11.5. The summed E-state index contributed by atoms with van der Waals surface area (Å²) in [6.07, 6.45) is 0. The van der Waals surface area contributed by atoms with E-state index in [1.807, 2.05) is 0 Å². The lowest BCUT2D eigenvalue weighted by molar-refractivity contribution is -0.119. The Labute approximate surface area is 125 Å². The van der Waals surface area contributed by atoms with Gasteiger partial charge in [0.25, 0.3) is 10.0 Å². The van der Waals surface area contributed by atoms with Crippen LogP contribution in [-0.2, 0) is 14.8 Å². The fraction of sp³-hybridized carbons (Fsp3) is 0.0833. The van der Waals surface area contributed by atoms with Crippen molar-refractivity contribution < 1.29 is 13.2 Å². The second kappa shape index (κ2) is 5.92. The molecule has 5 nitrogen and oxygen atoms in total. The Bertz CT molecular complexity index is 713. The molecule has 0 fully saturated rings. The van der Waals surface area contributed by atoms with Gasteiger partial charge in [-0.3, -0.25) is 4.79 Å². The van der Waals surface area contributed by atoms with Gasteiger partial charge in [0, 0.05) is 0 Å². The summed E-state index contributed by atoms with van der Waals surface area (Å²) in [5.41, 5.74) is 5.75. The summed E-state index contributed by atoms with van der Waals surface area (Å²) < 4.78 is 27.0. The van der Waals surface area contributed by atoms with Gasteiger partial charge in [-0.2, -0.15) is 4.72 Å². The van der Waals surface area contributed by atoms with Gasteiger partial charge in [0.2, 0.25) is 5.91 Å². The normalized spacial score (nSPS) is 13.1. The van der Waals surface area contributed by atoms with Crippen LogP contribution >= 0.6 is 22.9 Å². The average molecular weight is 331 g/mol. The van der Waals surface area contributed by atoms with Crippen molar-refractivity contribution in [1.82, 2.24) is 4.72 Å². The Morgan fingerprint density at radius 1 is 1.20 bits per heavy atom. The van der Waals surface area contributed by atoms with Gasteiger partial charge in [-0.1, -0.05) is 41.9 Å². The number of primary amides is 1. The van der Waals surface area contributed by atoms with Gasteiger partial charge < -0.3 is 5.73 Å². The second-order valence-electron chi connectivity index (χ2n) is 3.93. The van der Waals surface area contributed by atoms with Gasteiger partial charge in [0.05, 0.1) is 4.34 Å². The van der Waals surface area contributed by atoms with Crippen molar-refractivity contribution in [2.24, 2.45) is 5.73 Å². The number of carbonyl (C=O) groups excluding carboxylic acids is 1. The zero-order valence-corrected chi connectivity index (χ0v) is 12.5. The minimum atomic E-state index is -3.85. The van der Waals surface area contributed by atoms with Crippen LogP contribution in [0.15, 0.2) is 46.7 Å². The minimum Gasteiger partial charge on any atom is -0.368 e. The van der Waals surface area contributed by atoms with Crippen LogP contribution in [0.4, 0.5) is 0 Å². The molecule has 1 aromatic heterocycles. The number of hydrogen-bond donors (Lipinski definition) is 2. The van der Waals surface area contributed by atoms with Crippen molar-refractivity contribution >= 4 is 38.9 Å². The van der Waals surface area contributed by atoms with Crippen molar-refractivity contribution in [1.29, 1.82) is 0 Å². The summed E-state index contributed by atoms with van der Waals surface area (Å²) in [5, 5.41) is 0. The van der Waals surface area contributed by atoms with Crippen LogP contribution in [0.1, 0.15) is 11.6 Å². The Morgan fingerprint density at radius 2 is 1.85 bits per heavy atom. The molecule has 0 radical (unpaired) electrons. The second-order valence-corrected chi connectivity index (χ2v) is 7.58. The fourth-order valence-electron chi connectivity index (χ4n) is 1.59. The number of amides is 1. The van der Waals surface area contributed by atoms with Gasteiger partial charge in [-0.05, 0) is 17.7 Å². The molecule has 0 bridgehead atoms. The van der Waals surface area contributed by atoms with Gasteiger partial charge in [0.15, 0.2) is 0 Å². The maximum Gasteiger partial charge on any atom is 0.251 e. The molecular weight excluding hydrogens is 320 g/mol. The Hall–Kier alpha value is -1.41. The highest BCUT2D eigenvalue weighted by atomic mass is 35.5. The lowest BCUT2D eigenvalue weighted by Gasteiger charge is -2.15. The average Bonchev–Trinajstić information content (AvgIpc) is 2.84. The Balaban J connectivity index is 2.32. The number of carbonyl (C=O) groups is 1. The van der Waals surface area contributed by atoms with Crippen molar-refractivity contribution in [3.05, 3.63) is 52.4 Å². The number of halogens is 1. The highest BCUT2D eigenvalue weighted by molar-refractivity contribution is 7.91. The van der Waals surface area contributed by atoms with Crippen LogP contribution in [-0.4, -0.2) is 14.3 Å². The summed E-state index contributed by atoms with van der Waals surface area (Å²) in [5.74, 6) is -0.776. The topological polar surface area (TPSA) is 89.3 Å². The van der Waals surface area contributed by atoms with E-state index in [-0.39, 0.29) is 4.21 Å². The number of nitrogens with two attached hydrogens (primary N) is 1. The highest BCUT2D eigenvalue weighted by Gasteiger charge is 2.26. The van der Waals surface area contributed by atoms with Crippen LogP contribution in [0.2, 0.25) is 4.34 Å². The zero-order chi connectivity index (χ0) is 14.8. The number of hydrogen-bond acceptors (Lipinski definition) is 4. The molecule has 1 amide bonds. The molecule has 0 unspecified atom stereocenters. The number of rotatable bonds is 5. The van der Waals surface area contributed by atoms with E-state index < -0.39 is 22.0 Å². The van der Waals surface area contributed by atoms with Crippen LogP contribution in [0.5, 0.6) is 0 Å². The number of sulfonamides is 1. The molecule has 2 rings (SSSR count). The summed E-state index contributed by atoms with van der Waals surface area (Å²) in [6, 6.07) is 10.1. The van der Waals surface area contributed by atoms with E-state index >= 15 is 0 Å². The number of nitrogens with one attached hydrogen (secondary N) is 1. The zero-order valence-electron chi connectivity index (χ0n) is 10.1. The Kier molecular flexibility index (Phi) is 4.44. The number of thiophene rings is 1. The van der Waals surface area contributed by atoms with E-state index in [9.17, 15) is 13.2 Å². The molecule has 8 heteroatoms. The van der Waals surface area contributed by atoms with Crippen molar-refractivity contribution in [2.45, 2.75) is 10.3 Å². The standard InChI is InChI=1S/C12H11ClN2O3S2/c13-9-6-7-10(19-9)20(17,18)15-11(12(14)16)8-4-2-1-3-5-8/h1-7,11,15H,(H2,14,16)/t11-/m1/s1. The van der Waals surface area contributed by atoms with Crippen LogP contribution in [0.25, 0.3) is 0 Å². The first-order valence-electron chi connectivity index (χ1n) is 5.52. The molecule has 0 aliphatic rings.